The predicted octanol–water partition coefficient (Wildman–Crippen LogP) is 1.99. The summed E-state index contributed by atoms with van der Waals surface area (Å²) in [6.07, 6.45) is 2.70. The quantitative estimate of drug-likeness (QED) is 0.680. The molecule has 0 bridgehead atoms. The first kappa shape index (κ1) is 16.7. The van der Waals surface area contributed by atoms with E-state index in [1.807, 2.05) is 44.2 Å². The fourth-order valence-electron chi connectivity index (χ4n) is 2.11. The molecule has 0 radical (unpaired) electrons. The summed E-state index contributed by atoms with van der Waals surface area (Å²) in [7, 11) is 0. The molecule has 0 saturated heterocycles. The van der Waals surface area contributed by atoms with Crippen molar-refractivity contribution in [2.24, 2.45) is 11.7 Å². The first-order chi connectivity index (χ1) is 9.54. The lowest BCUT2D eigenvalue weighted by molar-refractivity contribution is -0.125. The molecular weight excluding hydrogens is 252 g/mol. The molecule has 3 unspecified atom stereocenters. The molecule has 1 aromatic rings. The van der Waals surface area contributed by atoms with Crippen molar-refractivity contribution in [1.29, 1.82) is 0 Å². The molecule has 0 aliphatic rings. The largest absolute Gasteiger partial charge is 0.394 e. The highest BCUT2D eigenvalue weighted by molar-refractivity contribution is 5.78. The van der Waals surface area contributed by atoms with E-state index in [1.165, 1.54) is 0 Å². The Morgan fingerprint density at radius 3 is 2.45 bits per heavy atom. The molecule has 0 aromatic heterocycles. The summed E-state index contributed by atoms with van der Waals surface area (Å²) in [6, 6.07) is 9.37. The zero-order valence-corrected chi connectivity index (χ0v) is 12.4. The van der Waals surface area contributed by atoms with Gasteiger partial charge >= 0.3 is 0 Å². The molecule has 0 spiro atoms. The maximum atomic E-state index is 12.1. The Hall–Kier alpha value is -1.39. The number of carbonyl (C=O) groups is 1. The standard InChI is InChI=1S/C16H26N2O2/c1-12(7-6-8-13(2)17)16(20)18-15(11-19)14-9-4-3-5-10-14/h3-5,9-10,12-13,15,19H,6-8,11,17H2,1-2H3,(H,18,20). The predicted molar refractivity (Wildman–Crippen MR) is 81.1 cm³/mol. The fraction of sp³-hybridized carbons (Fsp3) is 0.562. The number of benzene rings is 1. The van der Waals surface area contributed by atoms with Crippen LogP contribution in [0.25, 0.3) is 0 Å². The van der Waals surface area contributed by atoms with E-state index in [1.54, 1.807) is 0 Å². The van der Waals surface area contributed by atoms with Gasteiger partial charge in [-0.1, -0.05) is 43.7 Å². The summed E-state index contributed by atoms with van der Waals surface area (Å²) in [6.45, 7) is 3.79. The van der Waals surface area contributed by atoms with E-state index in [0.29, 0.717) is 0 Å². The molecule has 4 N–H and O–H groups in total. The van der Waals surface area contributed by atoms with Crippen LogP contribution >= 0.6 is 0 Å². The topological polar surface area (TPSA) is 75.4 Å². The lowest BCUT2D eigenvalue weighted by atomic mass is 10.00. The molecule has 1 rings (SSSR count). The lowest BCUT2D eigenvalue weighted by Crippen LogP contribution is -2.34. The lowest BCUT2D eigenvalue weighted by Gasteiger charge is -2.20. The zero-order chi connectivity index (χ0) is 15.0. The Morgan fingerprint density at radius 2 is 1.90 bits per heavy atom. The van der Waals surface area contributed by atoms with Gasteiger partial charge in [-0.25, -0.2) is 0 Å². The summed E-state index contributed by atoms with van der Waals surface area (Å²) >= 11 is 0. The van der Waals surface area contributed by atoms with E-state index >= 15 is 0 Å². The fourth-order valence-corrected chi connectivity index (χ4v) is 2.11. The van der Waals surface area contributed by atoms with Crippen LogP contribution in [0.15, 0.2) is 30.3 Å². The minimum absolute atomic E-state index is 0.0161. The molecule has 4 heteroatoms. The third kappa shape index (κ3) is 5.72. The van der Waals surface area contributed by atoms with Crippen LogP contribution in [0.5, 0.6) is 0 Å². The van der Waals surface area contributed by atoms with Gasteiger partial charge in [-0.2, -0.15) is 0 Å². The van der Waals surface area contributed by atoms with Crippen LogP contribution in [-0.4, -0.2) is 23.7 Å². The van der Waals surface area contributed by atoms with Gasteiger partial charge < -0.3 is 16.2 Å². The van der Waals surface area contributed by atoms with Crippen LogP contribution < -0.4 is 11.1 Å². The van der Waals surface area contributed by atoms with Crippen LogP contribution in [-0.2, 0) is 4.79 Å². The van der Waals surface area contributed by atoms with E-state index in [4.69, 9.17) is 5.73 Å². The second kappa shape index (κ2) is 8.72. The van der Waals surface area contributed by atoms with Crippen LogP contribution in [0.3, 0.4) is 0 Å². The monoisotopic (exact) mass is 278 g/mol. The number of hydrogen-bond donors (Lipinski definition) is 3. The average Bonchev–Trinajstić information content (AvgIpc) is 2.44. The number of rotatable bonds is 8. The minimum atomic E-state index is -0.334. The van der Waals surface area contributed by atoms with Gasteiger partial charge in [0.2, 0.25) is 5.91 Å². The first-order valence-corrected chi connectivity index (χ1v) is 7.26. The van der Waals surface area contributed by atoms with E-state index in [2.05, 4.69) is 5.32 Å². The van der Waals surface area contributed by atoms with Crippen molar-refractivity contribution in [2.45, 2.75) is 45.2 Å². The highest BCUT2D eigenvalue weighted by Crippen LogP contribution is 2.15. The van der Waals surface area contributed by atoms with E-state index < -0.39 is 0 Å². The summed E-state index contributed by atoms with van der Waals surface area (Å²) in [5, 5.41) is 12.3. The third-order valence-electron chi connectivity index (χ3n) is 3.45. The number of aliphatic hydroxyl groups excluding tert-OH is 1. The average molecular weight is 278 g/mol. The SMILES string of the molecule is CC(N)CCCC(C)C(=O)NC(CO)c1ccccc1. The van der Waals surface area contributed by atoms with Crippen molar-refractivity contribution >= 4 is 5.91 Å². The molecule has 0 saturated carbocycles. The van der Waals surface area contributed by atoms with Gasteiger partial charge in [0.1, 0.15) is 0 Å². The molecule has 4 nitrogen and oxygen atoms in total. The molecule has 0 aliphatic heterocycles. The van der Waals surface area contributed by atoms with E-state index in [-0.39, 0.29) is 30.5 Å². The molecule has 0 heterocycles. The number of amides is 1. The van der Waals surface area contributed by atoms with Gasteiger partial charge in [-0.3, -0.25) is 4.79 Å². The van der Waals surface area contributed by atoms with Gasteiger partial charge in [-0.15, -0.1) is 0 Å². The van der Waals surface area contributed by atoms with Crippen molar-refractivity contribution in [3.63, 3.8) is 0 Å². The second-order valence-electron chi connectivity index (χ2n) is 5.46. The highest BCUT2D eigenvalue weighted by Gasteiger charge is 2.18. The summed E-state index contributed by atoms with van der Waals surface area (Å²) in [5.74, 6) is -0.0795. The van der Waals surface area contributed by atoms with Gasteiger partial charge in [0.25, 0.3) is 0 Å². The molecule has 1 aromatic carbocycles. The Kier molecular flexibility index (Phi) is 7.26. The first-order valence-electron chi connectivity index (χ1n) is 7.26. The van der Waals surface area contributed by atoms with Gasteiger partial charge in [0, 0.05) is 12.0 Å². The molecule has 20 heavy (non-hydrogen) atoms. The van der Waals surface area contributed by atoms with Crippen LogP contribution in [0, 0.1) is 5.92 Å². The summed E-state index contributed by atoms with van der Waals surface area (Å²) in [4.78, 5) is 12.1. The summed E-state index contributed by atoms with van der Waals surface area (Å²) in [5.41, 5.74) is 6.62. The molecule has 0 fully saturated rings. The van der Waals surface area contributed by atoms with Crippen LogP contribution in [0.1, 0.15) is 44.7 Å². The maximum absolute atomic E-state index is 12.1. The van der Waals surface area contributed by atoms with E-state index in [0.717, 1.165) is 24.8 Å². The molecule has 1 amide bonds. The second-order valence-corrected chi connectivity index (χ2v) is 5.46. The number of aliphatic hydroxyl groups is 1. The zero-order valence-electron chi connectivity index (χ0n) is 12.4. The highest BCUT2D eigenvalue weighted by atomic mass is 16.3. The summed E-state index contributed by atoms with van der Waals surface area (Å²) < 4.78 is 0. The minimum Gasteiger partial charge on any atom is -0.394 e. The van der Waals surface area contributed by atoms with Crippen molar-refractivity contribution in [3.05, 3.63) is 35.9 Å². The molecular formula is C16H26N2O2. The Labute approximate surface area is 121 Å². The Balaban J connectivity index is 2.46. The van der Waals surface area contributed by atoms with Crippen molar-refractivity contribution in [1.82, 2.24) is 5.32 Å². The maximum Gasteiger partial charge on any atom is 0.223 e. The van der Waals surface area contributed by atoms with Crippen LogP contribution in [0.4, 0.5) is 0 Å². The van der Waals surface area contributed by atoms with Gasteiger partial charge in [0.05, 0.1) is 12.6 Å². The Morgan fingerprint density at radius 1 is 1.25 bits per heavy atom. The molecule has 3 atom stereocenters. The Bertz CT molecular complexity index is 393. The van der Waals surface area contributed by atoms with Crippen molar-refractivity contribution in [2.75, 3.05) is 6.61 Å². The number of nitrogens with two attached hydrogens (primary N) is 1. The van der Waals surface area contributed by atoms with E-state index in [9.17, 15) is 9.90 Å². The normalized spacial score (nSPS) is 15.4. The van der Waals surface area contributed by atoms with Crippen molar-refractivity contribution < 1.29 is 9.90 Å². The molecule has 0 aliphatic carbocycles. The van der Waals surface area contributed by atoms with Gasteiger partial charge in [0.15, 0.2) is 0 Å². The smallest absolute Gasteiger partial charge is 0.223 e. The van der Waals surface area contributed by atoms with Crippen molar-refractivity contribution in [3.8, 4) is 0 Å². The number of hydrogen-bond acceptors (Lipinski definition) is 3. The van der Waals surface area contributed by atoms with Crippen LogP contribution in [0.2, 0.25) is 0 Å². The molecule has 112 valence electrons. The number of nitrogens with one attached hydrogen (secondary N) is 1. The third-order valence-corrected chi connectivity index (χ3v) is 3.45. The number of carbonyl (C=O) groups excluding carboxylic acids is 1. The van der Waals surface area contributed by atoms with Gasteiger partial charge in [-0.05, 0) is 25.3 Å².